The highest BCUT2D eigenvalue weighted by atomic mass is 127. The highest BCUT2D eigenvalue weighted by Crippen LogP contribution is 2.18. The van der Waals surface area contributed by atoms with Gasteiger partial charge in [-0.1, -0.05) is 30.3 Å². The summed E-state index contributed by atoms with van der Waals surface area (Å²) in [6, 6.07) is 15.7. The van der Waals surface area contributed by atoms with Crippen molar-refractivity contribution in [1.29, 1.82) is 0 Å². The molecule has 2 aromatic carbocycles. The van der Waals surface area contributed by atoms with E-state index in [2.05, 4.69) is 28.0 Å². The minimum absolute atomic E-state index is 0.196. The Morgan fingerprint density at radius 3 is 2.62 bits per heavy atom. The number of carbonyl (C=O) groups is 1. The van der Waals surface area contributed by atoms with Gasteiger partial charge in [0.25, 0.3) is 0 Å². The van der Waals surface area contributed by atoms with Crippen LogP contribution >= 0.6 is 22.6 Å². The molecule has 0 saturated carbocycles. The molecule has 5 heteroatoms. The van der Waals surface area contributed by atoms with Gasteiger partial charge in [0.05, 0.1) is 5.92 Å². The zero-order valence-corrected chi connectivity index (χ0v) is 13.8. The number of hydrogen-bond acceptors (Lipinski definition) is 3. The summed E-state index contributed by atoms with van der Waals surface area (Å²) in [7, 11) is 0. The highest BCUT2D eigenvalue weighted by Gasteiger charge is 2.13. The van der Waals surface area contributed by atoms with Gasteiger partial charge in [0.15, 0.2) is 0 Å². The van der Waals surface area contributed by atoms with Crippen molar-refractivity contribution in [3.63, 3.8) is 0 Å². The summed E-state index contributed by atoms with van der Waals surface area (Å²) in [5.41, 5.74) is 4.15. The molecule has 2 rings (SSSR count). The van der Waals surface area contributed by atoms with E-state index in [4.69, 9.17) is 10.6 Å². The zero-order chi connectivity index (χ0) is 15.2. The standard InChI is InChI=1S/C16H17IN2O2/c1-11(16(20)19-18)13-7-5-12(6-8-13)10-21-15-4-2-3-14(17)9-15/h2-9,11H,10,18H2,1H3,(H,19,20). The first-order chi connectivity index (χ1) is 10.1. The maximum absolute atomic E-state index is 11.5. The predicted octanol–water partition coefficient (Wildman–Crippen LogP) is 2.96. The van der Waals surface area contributed by atoms with Gasteiger partial charge in [0.1, 0.15) is 12.4 Å². The molecule has 4 nitrogen and oxygen atoms in total. The number of ether oxygens (including phenoxy) is 1. The first-order valence-corrected chi connectivity index (χ1v) is 7.65. The molecule has 0 aliphatic heterocycles. The van der Waals surface area contributed by atoms with Crippen LogP contribution in [0.5, 0.6) is 5.75 Å². The lowest BCUT2D eigenvalue weighted by Crippen LogP contribution is -2.33. The van der Waals surface area contributed by atoms with Crippen LogP contribution in [-0.2, 0) is 11.4 Å². The molecule has 0 aliphatic carbocycles. The normalized spacial score (nSPS) is 11.8. The molecule has 1 atom stereocenters. The third-order valence-electron chi connectivity index (χ3n) is 3.22. The SMILES string of the molecule is CC(C(=O)NN)c1ccc(COc2cccc(I)c2)cc1. The van der Waals surface area contributed by atoms with E-state index in [0.29, 0.717) is 6.61 Å². The third kappa shape index (κ3) is 4.44. The topological polar surface area (TPSA) is 64.4 Å². The molecule has 0 fully saturated rings. The second kappa shape index (κ2) is 7.42. The van der Waals surface area contributed by atoms with Gasteiger partial charge in [-0.2, -0.15) is 0 Å². The average Bonchev–Trinajstić information content (AvgIpc) is 2.52. The van der Waals surface area contributed by atoms with Gasteiger partial charge in [-0.15, -0.1) is 0 Å². The Kier molecular flexibility index (Phi) is 5.58. The number of benzene rings is 2. The maximum Gasteiger partial charge on any atom is 0.241 e. The number of amides is 1. The molecule has 0 saturated heterocycles. The average molecular weight is 396 g/mol. The summed E-state index contributed by atoms with van der Waals surface area (Å²) in [4.78, 5) is 11.5. The van der Waals surface area contributed by atoms with Crippen molar-refractivity contribution >= 4 is 28.5 Å². The quantitative estimate of drug-likeness (QED) is 0.354. The van der Waals surface area contributed by atoms with Crippen LogP contribution in [0.1, 0.15) is 24.0 Å². The minimum Gasteiger partial charge on any atom is -0.489 e. The Morgan fingerprint density at radius 2 is 2.00 bits per heavy atom. The van der Waals surface area contributed by atoms with E-state index >= 15 is 0 Å². The Labute approximate surface area is 137 Å². The van der Waals surface area contributed by atoms with Crippen LogP contribution in [-0.4, -0.2) is 5.91 Å². The summed E-state index contributed by atoms with van der Waals surface area (Å²) < 4.78 is 6.88. The van der Waals surface area contributed by atoms with Gasteiger partial charge >= 0.3 is 0 Å². The lowest BCUT2D eigenvalue weighted by atomic mass is 9.99. The molecule has 110 valence electrons. The van der Waals surface area contributed by atoms with E-state index in [-0.39, 0.29) is 11.8 Å². The molecule has 2 aromatic rings. The summed E-state index contributed by atoms with van der Waals surface area (Å²) in [6.45, 7) is 2.32. The van der Waals surface area contributed by atoms with E-state index in [0.717, 1.165) is 20.4 Å². The number of hydrazine groups is 1. The van der Waals surface area contributed by atoms with Crippen molar-refractivity contribution in [2.45, 2.75) is 19.4 Å². The van der Waals surface area contributed by atoms with Crippen LogP contribution in [0, 0.1) is 3.57 Å². The predicted molar refractivity (Wildman–Crippen MR) is 90.7 cm³/mol. The molecule has 0 heterocycles. The Morgan fingerprint density at radius 1 is 1.29 bits per heavy atom. The molecule has 3 N–H and O–H groups in total. The molecule has 1 amide bonds. The molecule has 0 radical (unpaired) electrons. The molecule has 0 aliphatic rings. The molecule has 0 spiro atoms. The lowest BCUT2D eigenvalue weighted by Gasteiger charge is -2.11. The van der Waals surface area contributed by atoms with Crippen molar-refractivity contribution in [3.05, 3.63) is 63.2 Å². The number of carbonyl (C=O) groups excluding carboxylic acids is 1. The van der Waals surface area contributed by atoms with Crippen molar-refractivity contribution in [3.8, 4) is 5.75 Å². The molecule has 1 unspecified atom stereocenters. The smallest absolute Gasteiger partial charge is 0.241 e. The summed E-state index contributed by atoms with van der Waals surface area (Å²) in [5, 5.41) is 0. The summed E-state index contributed by atoms with van der Waals surface area (Å²) >= 11 is 2.25. The van der Waals surface area contributed by atoms with Gasteiger partial charge in [-0.05, 0) is 58.8 Å². The van der Waals surface area contributed by atoms with Crippen molar-refractivity contribution < 1.29 is 9.53 Å². The first-order valence-electron chi connectivity index (χ1n) is 6.58. The van der Waals surface area contributed by atoms with Crippen LogP contribution in [0.4, 0.5) is 0 Å². The summed E-state index contributed by atoms with van der Waals surface area (Å²) in [5.74, 6) is 5.53. The van der Waals surface area contributed by atoms with Crippen LogP contribution in [0.3, 0.4) is 0 Å². The zero-order valence-electron chi connectivity index (χ0n) is 11.7. The fourth-order valence-electron chi connectivity index (χ4n) is 1.90. The Hall–Kier alpha value is -1.60. The van der Waals surface area contributed by atoms with E-state index < -0.39 is 0 Å². The summed E-state index contributed by atoms with van der Waals surface area (Å²) in [6.07, 6.45) is 0. The van der Waals surface area contributed by atoms with Crippen LogP contribution in [0.2, 0.25) is 0 Å². The van der Waals surface area contributed by atoms with Gasteiger partial charge in [-0.25, -0.2) is 5.84 Å². The number of nitrogens with two attached hydrogens (primary N) is 1. The monoisotopic (exact) mass is 396 g/mol. The fraction of sp³-hybridized carbons (Fsp3) is 0.188. The van der Waals surface area contributed by atoms with Crippen LogP contribution < -0.4 is 16.0 Å². The van der Waals surface area contributed by atoms with Crippen molar-refractivity contribution in [2.75, 3.05) is 0 Å². The Bertz CT molecular complexity index is 614. The minimum atomic E-state index is -0.263. The first kappa shape index (κ1) is 15.8. The molecular weight excluding hydrogens is 379 g/mol. The van der Waals surface area contributed by atoms with Gasteiger partial charge < -0.3 is 4.74 Å². The largest absolute Gasteiger partial charge is 0.489 e. The van der Waals surface area contributed by atoms with E-state index in [9.17, 15) is 4.79 Å². The number of nitrogens with one attached hydrogen (secondary N) is 1. The fourth-order valence-corrected chi connectivity index (χ4v) is 2.42. The van der Waals surface area contributed by atoms with Gasteiger partial charge in [-0.3, -0.25) is 10.2 Å². The van der Waals surface area contributed by atoms with E-state index in [1.807, 2.05) is 55.5 Å². The van der Waals surface area contributed by atoms with Crippen molar-refractivity contribution in [1.82, 2.24) is 5.43 Å². The number of halogens is 1. The molecular formula is C16H17IN2O2. The van der Waals surface area contributed by atoms with E-state index in [1.165, 1.54) is 0 Å². The second-order valence-corrected chi connectivity index (χ2v) is 5.96. The number of rotatable bonds is 5. The second-order valence-electron chi connectivity index (χ2n) is 4.72. The highest BCUT2D eigenvalue weighted by molar-refractivity contribution is 14.1. The Balaban J connectivity index is 1.98. The molecule has 0 aromatic heterocycles. The molecule has 21 heavy (non-hydrogen) atoms. The lowest BCUT2D eigenvalue weighted by molar-refractivity contribution is -0.122. The number of hydrogen-bond donors (Lipinski definition) is 2. The maximum atomic E-state index is 11.5. The third-order valence-corrected chi connectivity index (χ3v) is 3.89. The van der Waals surface area contributed by atoms with Crippen molar-refractivity contribution in [2.24, 2.45) is 5.84 Å². The van der Waals surface area contributed by atoms with Crippen LogP contribution in [0.25, 0.3) is 0 Å². The molecule has 0 bridgehead atoms. The van der Waals surface area contributed by atoms with Crippen LogP contribution in [0.15, 0.2) is 48.5 Å². The van der Waals surface area contributed by atoms with Gasteiger partial charge in [0, 0.05) is 3.57 Å². The van der Waals surface area contributed by atoms with Gasteiger partial charge in [0.2, 0.25) is 5.91 Å². The van der Waals surface area contributed by atoms with E-state index in [1.54, 1.807) is 0 Å².